The summed E-state index contributed by atoms with van der Waals surface area (Å²) < 4.78 is 38.0. The number of hydrogen-bond acceptors (Lipinski definition) is 5. The number of halogens is 2. The summed E-state index contributed by atoms with van der Waals surface area (Å²) in [6.45, 7) is 0.722. The van der Waals surface area contributed by atoms with Gasteiger partial charge in [-0.2, -0.15) is 0 Å². The standard InChI is InChI=1S/C17H19F2N3O3/c18-15(19)7-22-6-14(13-2-1-3-20-16(13)22)17(23)25-12-4-10-8-24-9-11(5-12)21-10/h1-3,6,10-12,15,21H,4-5,7-9H2. The number of hydrogen-bond donors (Lipinski definition) is 1. The van der Waals surface area contributed by atoms with Crippen LogP contribution < -0.4 is 5.32 Å². The van der Waals surface area contributed by atoms with Gasteiger partial charge in [-0.1, -0.05) is 0 Å². The molecule has 2 saturated heterocycles. The van der Waals surface area contributed by atoms with E-state index in [4.69, 9.17) is 9.47 Å². The highest BCUT2D eigenvalue weighted by atomic mass is 19.3. The number of alkyl halides is 2. The number of nitrogens with zero attached hydrogens (tertiary/aromatic N) is 2. The lowest BCUT2D eigenvalue weighted by Gasteiger charge is -2.39. The summed E-state index contributed by atoms with van der Waals surface area (Å²) in [5, 5.41) is 3.97. The zero-order chi connectivity index (χ0) is 17.4. The first-order valence-electron chi connectivity index (χ1n) is 8.37. The first-order chi connectivity index (χ1) is 12.1. The molecule has 0 aromatic carbocycles. The van der Waals surface area contributed by atoms with Crippen molar-refractivity contribution in [2.75, 3.05) is 13.2 Å². The van der Waals surface area contributed by atoms with Crippen molar-refractivity contribution in [3.63, 3.8) is 0 Å². The Kier molecular flexibility index (Phi) is 4.39. The van der Waals surface area contributed by atoms with E-state index in [2.05, 4.69) is 10.3 Å². The van der Waals surface area contributed by atoms with Crippen LogP contribution in [0.1, 0.15) is 23.2 Å². The van der Waals surface area contributed by atoms with Crippen molar-refractivity contribution in [2.45, 2.75) is 44.0 Å². The fourth-order valence-corrected chi connectivity index (χ4v) is 3.67. The maximum atomic E-state index is 12.8. The van der Waals surface area contributed by atoms with E-state index < -0.39 is 18.9 Å². The van der Waals surface area contributed by atoms with E-state index in [-0.39, 0.29) is 23.8 Å². The molecule has 2 unspecified atom stereocenters. The number of esters is 1. The highest BCUT2D eigenvalue weighted by Crippen LogP contribution is 2.25. The van der Waals surface area contributed by atoms with Gasteiger partial charge in [0.25, 0.3) is 6.43 Å². The first kappa shape index (κ1) is 16.4. The largest absolute Gasteiger partial charge is 0.459 e. The monoisotopic (exact) mass is 351 g/mol. The molecular weight excluding hydrogens is 332 g/mol. The molecule has 2 aliphatic heterocycles. The van der Waals surface area contributed by atoms with Crippen LogP contribution in [0.15, 0.2) is 24.5 Å². The van der Waals surface area contributed by atoms with Gasteiger partial charge in [-0.3, -0.25) is 0 Å². The Morgan fingerprint density at radius 2 is 2.16 bits per heavy atom. The molecule has 4 heterocycles. The quantitative estimate of drug-likeness (QED) is 0.854. The Labute approximate surface area is 143 Å². The molecule has 1 N–H and O–H groups in total. The average Bonchev–Trinajstić information content (AvgIpc) is 2.93. The van der Waals surface area contributed by atoms with Crippen LogP contribution in [0.5, 0.6) is 0 Å². The second-order valence-corrected chi connectivity index (χ2v) is 6.56. The number of carbonyl (C=O) groups excluding carboxylic acids is 1. The molecule has 0 amide bonds. The molecule has 2 aromatic rings. The minimum absolute atomic E-state index is 0.187. The molecule has 0 aliphatic carbocycles. The second kappa shape index (κ2) is 6.68. The van der Waals surface area contributed by atoms with Crippen molar-refractivity contribution >= 4 is 17.0 Å². The van der Waals surface area contributed by atoms with Crippen LogP contribution in [-0.2, 0) is 16.0 Å². The zero-order valence-electron chi connectivity index (χ0n) is 13.5. The summed E-state index contributed by atoms with van der Waals surface area (Å²) in [6, 6.07) is 3.75. The smallest absolute Gasteiger partial charge is 0.340 e. The zero-order valence-corrected chi connectivity index (χ0v) is 13.5. The van der Waals surface area contributed by atoms with E-state index in [1.807, 2.05) is 0 Å². The molecule has 25 heavy (non-hydrogen) atoms. The molecule has 2 aromatic heterocycles. The summed E-state index contributed by atoms with van der Waals surface area (Å²) in [5.41, 5.74) is 0.647. The van der Waals surface area contributed by atoms with Crippen LogP contribution in [0.2, 0.25) is 0 Å². The fraction of sp³-hybridized carbons (Fsp3) is 0.529. The molecule has 8 heteroatoms. The molecule has 0 saturated carbocycles. The Hall–Kier alpha value is -2.06. The van der Waals surface area contributed by atoms with Crippen molar-refractivity contribution in [1.82, 2.24) is 14.9 Å². The summed E-state index contributed by atoms with van der Waals surface area (Å²) >= 11 is 0. The van der Waals surface area contributed by atoms with E-state index in [0.29, 0.717) is 37.1 Å². The Balaban J connectivity index is 1.55. The molecule has 2 bridgehead atoms. The molecular formula is C17H19F2N3O3. The van der Waals surface area contributed by atoms with Crippen molar-refractivity contribution < 1.29 is 23.0 Å². The second-order valence-electron chi connectivity index (χ2n) is 6.56. The number of ether oxygens (including phenoxy) is 2. The topological polar surface area (TPSA) is 65.4 Å². The lowest BCUT2D eigenvalue weighted by atomic mass is 9.94. The summed E-state index contributed by atoms with van der Waals surface area (Å²) in [6.07, 6.45) is 1.60. The lowest BCUT2D eigenvalue weighted by molar-refractivity contribution is -0.0339. The number of carbonyl (C=O) groups is 1. The normalized spacial score (nSPS) is 26.1. The van der Waals surface area contributed by atoms with E-state index in [1.165, 1.54) is 17.0 Å². The first-order valence-corrected chi connectivity index (χ1v) is 8.37. The Bertz CT molecular complexity index is 768. The van der Waals surface area contributed by atoms with Crippen LogP contribution in [0.3, 0.4) is 0 Å². The maximum Gasteiger partial charge on any atom is 0.340 e. The van der Waals surface area contributed by atoms with Gasteiger partial charge in [-0.05, 0) is 12.1 Å². The summed E-state index contributed by atoms with van der Waals surface area (Å²) in [4.78, 5) is 16.8. The molecule has 4 rings (SSSR count). The predicted octanol–water partition coefficient (Wildman–Crippen LogP) is 1.98. The number of pyridine rings is 1. The molecule has 2 fully saturated rings. The number of nitrogens with one attached hydrogen (secondary N) is 1. The molecule has 6 nitrogen and oxygen atoms in total. The van der Waals surface area contributed by atoms with E-state index in [9.17, 15) is 13.6 Å². The van der Waals surface area contributed by atoms with Crippen molar-refractivity contribution in [3.05, 3.63) is 30.1 Å². The third-order valence-corrected chi connectivity index (χ3v) is 4.67. The van der Waals surface area contributed by atoms with Crippen LogP contribution >= 0.6 is 0 Å². The van der Waals surface area contributed by atoms with Crippen LogP contribution in [0, 0.1) is 0 Å². The van der Waals surface area contributed by atoms with Crippen LogP contribution in [0.4, 0.5) is 8.78 Å². The summed E-state index contributed by atoms with van der Waals surface area (Å²) in [5.74, 6) is -0.489. The Morgan fingerprint density at radius 3 is 2.88 bits per heavy atom. The fourth-order valence-electron chi connectivity index (χ4n) is 3.67. The highest BCUT2D eigenvalue weighted by molar-refractivity contribution is 6.03. The minimum atomic E-state index is -2.52. The third kappa shape index (κ3) is 3.36. The predicted molar refractivity (Wildman–Crippen MR) is 85.7 cm³/mol. The van der Waals surface area contributed by atoms with Gasteiger partial charge >= 0.3 is 5.97 Å². The minimum Gasteiger partial charge on any atom is -0.459 e. The molecule has 0 radical (unpaired) electrons. The van der Waals surface area contributed by atoms with Gasteiger partial charge < -0.3 is 19.4 Å². The molecule has 2 atom stereocenters. The van der Waals surface area contributed by atoms with Gasteiger partial charge in [0.05, 0.1) is 25.3 Å². The molecule has 0 spiro atoms. The lowest BCUT2D eigenvalue weighted by Crippen LogP contribution is -2.56. The average molecular weight is 351 g/mol. The maximum absolute atomic E-state index is 12.8. The van der Waals surface area contributed by atoms with E-state index >= 15 is 0 Å². The summed E-state index contributed by atoms with van der Waals surface area (Å²) in [7, 11) is 0. The molecule has 134 valence electrons. The van der Waals surface area contributed by atoms with Gasteiger partial charge in [-0.25, -0.2) is 18.6 Å². The number of fused-ring (bicyclic) bond motifs is 3. The van der Waals surface area contributed by atoms with Gasteiger partial charge in [0, 0.05) is 42.7 Å². The van der Waals surface area contributed by atoms with Crippen molar-refractivity contribution in [3.8, 4) is 0 Å². The Morgan fingerprint density at radius 1 is 1.40 bits per heavy atom. The van der Waals surface area contributed by atoms with Crippen molar-refractivity contribution in [2.24, 2.45) is 0 Å². The van der Waals surface area contributed by atoms with Gasteiger partial charge in [-0.15, -0.1) is 0 Å². The van der Waals surface area contributed by atoms with E-state index in [1.54, 1.807) is 12.1 Å². The van der Waals surface area contributed by atoms with E-state index in [0.717, 1.165) is 0 Å². The number of piperidine rings is 1. The third-order valence-electron chi connectivity index (χ3n) is 4.67. The van der Waals surface area contributed by atoms with Gasteiger partial charge in [0.1, 0.15) is 11.8 Å². The van der Waals surface area contributed by atoms with Crippen LogP contribution in [0.25, 0.3) is 11.0 Å². The number of morpholine rings is 1. The van der Waals surface area contributed by atoms with Crippen LogP contribution in [-0.4, -0.2) is 53.3 Å². The number of aromatic nitrogens is 2. The molecule has 2 aliphatic rings. The number of rotatable bonds is 4. The SMILES string of the molecule is O=C(OC1CC2COCC(C1)N2)c1cn(CC(F)F)c2ncccc12. The van der Waals surface area contributed by atoms with Gasteiger partial charge in [0.15, 0.2) is 0 Å². The van der Waals surface area contributed by atoms with Crippen molar-refractivity contribution in [1.29, 1.82) is 0 Å². The highest BCUT2D eigenvalue weighted by Gasteiger charge is 2.34. The van der Waals surface area contributed by atoms with Gasteiger partial charge in [0.2, 0.25) is 0 Å².